The van der Waals surface area contributed by atoms with Gasteiger partial charge in [0.2, 0.25) is 0 Å². The molecule has 0 atom stereocenters. The Bertz CT molecular complexity index is 1180. The summed E-state index contributed by atoms with van der Waals surface area (Å²) in [5.74, 6) is 0.816. The Morgan fingerprint density at radius 1 is 1.17 bits per heavy atom. The molecule has 0 bridgehead atoms. The Morgan fingerprint density at radius 2 is 1.89 bits per heavy atom. The summed E-state index contributed by atoms with van der Waals surface area (Å²) in [7, 11) is 1.55. The van der Waals surface area contributed by atoms with E-state index in [1.54, 1.807) is 42.3 Å². The van der Waals surface area contributed by atoms with Crippen LogP contribution in [0.3, 0.4) is 0 Å². The van der Waals surface area contributed by atoms with Gasteiger partial charge in [0.1, 0.15) is 23.4 Å². The number of ketones is 1. The van der Waals surface area contributed by atoms with Crippen molar-refractivity contribution in [2.75, 3.05) is 26.8 Å². The molecule has 0 fully saturated rings. The maximum atomic E-state index is 13.2. The van der Waals surface area contributed by atoms with Crippen LogP contribution < -0.4 is 14.8 Å². The van der Waals surface area contributed by atoms with E-state index in [0.717, 1.165) is 11.1 Å². The molecule has 1 heterocycles. The van der Waals surface area contributed by atoms with Crippen LogP contribution in [0.5, 0.6) is 11.5 Å². The third-order valence-corrected chi connectivity index (χ3v) is 5.65. The van der Waals surface area contributed by atoms with E-state index in [4.69, 9.17) is 20.1 Å². The number of amidine groups is 1. The number of hydrogen-bond donors (Lipinski definition) is 2. The number of carbonyl (C=O) groups is 2. The van der Waals surface area contributed by atoms with Crippen LogP contribution in [-0.4, -0.2) is 49.2 Å². The van der Waals surface area contributed by atoms with E-state index in [1.165, 1.54) is 0 Å². The summed E-state index contributed by atoms with van der Waals surface area (Å²) in [6.07, 6.45) is 0. The van der Waals surface area contributed by atoms with E-state index in [-0.39, 0.29) is 53.1 Å². The van der Waals surface area contributed by atoms with Gasteiger partial charge in [-0.25, -0.2) is 0 Å². The first-order valence-corrected chi connectivity index (χ1v) is 11.1. The maximum Gasteiger partial charge on any atom is 0.254 e. The van der Waals surface area contributed by atoms with Gasteiger partial charge in [-0.1, -0.05) is 20.8 Å². The third kappa shape index (κ3) is 6.01. The molecule has 3 rings (SSSR count). The van der Waals surface area contributed by atoms with Gasteiger partial charge in [0.05, 0.1) is 18.7 Å². The van der Waals surface area contributed by atoms with Crippen molar-refractivity contribution in [1.29, 1.82) is 10.7 Å². The molecule has 0 unspecified atom stereocenters. The number of nitriles is 1. The summed E-state index contributed by atoms with van der Waals surface area (Å²) in [5.41, 5.74) is 2.88. The first kappa shape index (κ1) is 27.9. The van der Waals surface area contributed by atoms with Gasteiger partial charge in [-0.3, -0.25) is 15.0 Å². The number of nitrogens with zero attached hydrogens (tertiary/aromatic N) is 2. The lowest BCUT2D eigenvalue weighted by atomic mass is 9.85. The van der Waals surface area contributed by atoms with Crippen LogP contribution >= 0.6 is 17.0 Å². The normalized spacial score (nSPS) is 12.3. The molecule has 0 aromatic heterocycles. The predicted molar refractivity (Wildman–Crippen MR) is 139 cm³/mol. The third-order valence-electron chi connectivity index (χ3n) is 5.65. The zero-order chi connectivity index (χ0) is 25.0. The fraction of sp³-hybridized carbons (Fsp3) is 0.385. The van der Waals surface area contributed by atoms with E-state index in [9.17, 15) is 9.59 Å². The predicted octanol–water partition coefficient (Wildman–Crippen LogP) is 4.25. The van der Waals surface area contributed by atoms with Crippen LogP contribution in [0.2, 0.25) is 0 Å². The minimum absolute atomic E-state index is 0. The van der Waals surface area contributed by atoms with Gasteiger partial charge in [0.15, 0.2) is 12.4 Å². The fourth-order valence-electron chi connectivity index (χ4n) is 3.94. The van der Waals surface area contributed by atoms with Crippen molar-refractivity contribution in [1.82, 2.24) is 10.2 Å². The van der Waals surface area contributed by atoms with E-state index in [0.29, 0.717) is 41.3 Å². The Labute approximate surface area is 216 Å². The van der Waals surface area contributed by atoms with E-state index >= 15 is 0 Å². The summed E-state index contributed by atoms with van der Waals surface area (Å²) < 4.78 is 11.2. The van der Waals surface area contributed by atoms with Gasteiger partial charge in [-0.15, -0.1) is 17.0 Å². The molecular weight excluding hydrogens is 512 g/mol. The number of nitrogens with one attached hydrogen (secondary N) is 2. The van der Waals surface area contributed by atoms with Crippen LogP contribution in [0.4, 0.5) is 0 Å². The highest BCUT2D eigenvalue weighted by atomic mass is 79.9. The van der Waals surface area contributed by atoms with Crippen LogP contribution in [0.25, 0.3) is 0 Å². The highest BCUT2D eigenvalue weighted by Crippen LogP contribution is 2.33. The number of amides is 1. The highest BCUT2D eigenvalue weighted by molar-refractivity contribution is 8.93. The molecule has 2 aromatic rings. The molecule has 1 aliphatic rings. The fourth-order valence-corrected chi connectivity index (χ4v) is 3.94. The van der Waals surface area contributed by atoms with E-state index in [1.807, 2.05) is 33.8 Å². The Morgan fingerprint density at radius 3 is 2.49 bits per heavy atom. The number of fused-ring (bicyclic) bond motifs is 1. The van der Waals surface area contributed by atoms with Crippen LogP contribution in [0.15, 0.2) is 30.3 Å². The average Bonchev–Trinajstić information content (AvgIpc) is 3.10. The van der Waals surface area contributed by atoms with Crippen molar-refractivity contribution in [3.63, 3.8) is 0 Å². The molecule has 0 spiro atoms. The van der Waals surface area contributed by atoms with Gasteiger partial charge < -0.3 is 19.7 Å². The van der Waals surface area contributed by atoms with Gasteiger partial charge in [0, 0.05) is 30.3 Å². The van der Waals surface area contributed by atoms with Gasteiger partial charge in [-0.2, -0.15) is 5.26 Å². The highest BCUT2D eigenvalue weighted by Gasteiger charge is 2.30. The zero-order valence-corrected chi connectivity index (χ0v) is 22.4. The summed E-state index contributed by atoms with van der Waals surface area (Å²) in [4.78, 5) is 27.2. The lowest BCUT2D eigenvalue weighted by Gasteiger charge is -2.23. The van der Waals surface area contributed by atoms with Crippen molar-refractivity contribution in [3.05, 3.63) is 58.1 Å². The molecule has 2 N–H and O–H groups in total. The SMILES string of the molecule is Br.CCOc1cc2c(cc1C(=O)NC)C(=N)N(CC(=O)c1ccc(OCC#N)c(C(C)(C)C)c1)C2. The van der Waals surface area contributed by atoms with Gasteiger partial charge >= 0.3 is 0 Å². The summed E-state index contributed by atoms with van der Waals surface area (Å²) in [5, 5.41) is 20.1. The van der Waals surface area contributed by atoms with Crippen molar-refractivity contribution >= 4 is 34.5 Å². The molecule has 35 heavy (non-hydrogen) atoms. The second-order valence-corrected chi connectivity index (χ2v) is 9.05. The van der Waals surface area contributed by atoms with Crippen molar-refractivity contribution in [2.45, 2.75) is 39.7 Å². The number of ether oxygens (including phenoxy) is 2. The largest absolute Gasteiger partial charge is 0.493 e. The molecule has 1 amide bonds. The molecule has 0 saturated carbocycles. The van der Waals surface area contributed by atoms with Crippen LogP contribution in [0.1, 0.15) is 65.1 Å². The molecule has 186 valence electrons. The number of Topliss-reactive ketones (excluding diaryl/α,β-unsaturated/α-hetero) is 1. The maximum absolute atomic E-state index is 13.2. The Hall–Kier alpha value is -3.38. The monoisotopic (exact) mass is 542 g/mol. The van der Waals surface area contributed by atoms with Gasteiger partial charge in [-0.05, 0) is 48.2 Å². The first-order valence-electron chi connectivity index (χ1n) is 11.1. The van der Waals surface area contributed by atoms with Crippen LogP contribution in [0, 0.1) is 16.7 Å². The minimum Gasteiger partial charge on any atom is -0.493 e. The molecule has 2 aromatic carbocycles. The topological polar surface area (TPSA) is 116 Å². The minimum atomic E-state index is -0.290. The second-order valence-electron chi connectivity index (χ2n) is 9.05. The number of hydrogen-bond acceptors (Lipinski definition) is 6. The molecule has 0 saturated heterocycles. The quantitative estimate of drug-likeness (QED) is 0.482. The molecule has 0 aliphatic carbocycles. The van der Waals surface area contributed by atoms with E-state index in [2.05, 4.69) is 5.32 Å². The Kier molecular flexibility index (Phi) is 9.05. The summed E-state index contributed by atoms with van der Waals surface area (Å²) >= 11 is 0. The number of halogens is 1. The summed E-state index contributed by atoms with van der Waals surface area (Å²) in [6, 6.07) is 10.6. The first-order chi connectivity index (χ1) is 16.1. The molecule has 9 heteroatoms. The number of benzene rings is 2. The standard InChI is InChI=1S/C26H30N4O4.BrH/c1-6-33-23-12-17-14-30(24(28)18(17)13-19(23)25(32)29-5)15-21(31)16-7-8-22(34-10-9-27)20(11-16)26(2,3)4;/h7-8,11-13,28H,6,10,14-15H2,1-5H3,(H,29,32);1H. The van der Waals surface area contributed by atoms with Crippen molar-refractivity contribution < 1.29 is 19.1 Å². The van der Waals surface area contributed by atoms with Crippen molar-refractivity contribution in [3.8, 4) is 17.6 Å². The van der Waals surface area contributed by atoms with Gasteiger partial charge in [0.25, 0.3) is 5.91 Å². The molecule has 8 nitrogen and oxygen atoms in total. The smallest absolute Gasteiger partial charge is 0.254 e. The van der Waals surface area contributed by atoms with E-state index < -0.39 is 0 Å². The number of carbonyl (C=O) groups excluding carboxylic acids is 2. The molecule has 1 aliphatic heterocycles. The summed E-state index contributed by atoms with van der Waals surface area (Å²) in [6.45, 7) is 8.64. The van der Waals surface area contributed by atoms with Crippen LogP contribution in [-0.2, 0) is 12.0 Å². The Balaban J connectivity index is 0.00000432. The lowest BCUT2D eigenvalue weighted by Crippen LogP contribution is -2.30. The number of rotatable bonds is 8. The van der Waals surface area contributed by atoms with Crippen molar-refractivity contribution in [2.24, 2.45) is 0 Å². The second kappa shape index (κ2) is 11.4. The lowest BCUT2D eigenvalue weighted by molar-refractivity contribution is 0.0953. The average molecular weight is 543 g/mol. The molecular formula is C26H31BrN4O4. The molecule has 0 radical (unpaired) electrons. The zero-order valence-electron chi connectivity index (χ0n) is 20.7.